The van der Waals surface area contributed by atoms with Crippen LogP contribution in [0, 0.1) is 11.8 Å². The molecule has 7 heteroatoms. The summed E-state index contributed by atoms with van der Waals surface area (Å²) in [5, 5.41) is 3.42. The van der Waals surface area contributed by atoms with Crippen LogP contribution in [0.1, 0.15) is 26.7 Å². The van der Waals surface area contributed by atoms with Crippen molar-refractivity contribution in [1.29, 1.82) is 0 Å². The molecule has 1 aromatic rings. The highest BCUT2D eigenvalue weighted by atomic mass is 35.5. The molecule has 2 heterocycles. The number of hydrogen-bond donors (Lipinski definition) is 1. The average molecular weight is 421 g/mol. The van der Waals surface area contributed by atoms with Gasteiger partial charge in [-0.3, -0.25) is 14.5 Å². The second kappa shape index (κ2) is 10.4. The van der Waals surface area contributed by atoms with Crippen LogP contribution in [0.25, 0.3) is 0 Å². The van der Waals surface area contributed by atoms with Crippen LogP contribution in [-0.2, 0) is 9.59 Å². The number of piperidine rings is 1. The van der Waals surface area contributed by atoms with Gasteiger partial charge in [0, 0.05) is 52.2 Å². The van der Waals surface area contributed by atoms with E-state index in [1.807, 2.05) is 17.0 Å². The molecule has 2 unspecified atom stereocenters. The minimum Gasteiger partial charge on any atom is -0.341 e. The van der Waals surface area contributed by atoms with Crippen LogP contribution in [0.15, 0.2) is 24.3 Å². The number of amides is 2. The molecule has 3 rings (SSSR count). The number of hydrogen-bond acceptors (Lipinski definition) is 4. The number of anilines is 1. The molecule has 2 aliphatic rings. The Morgan fingerprint density at radius 2 is 1.66 bits per heavy atom. The van der Waals surface area contributed by atoms with Gasteiger partial charge in [0.2, 0.25) is 11.8 Å². The molecular weight excluding hydrogens is 388 g/mol. The number of rotatable bonds is 6. The number of carbonyl (C=O) groups is 2. The zero-order chi connectivity index (χ0) is 20.8. The minimum absolute atomic E-state index is 0.0240. The first-order valence-electron chi connectivity index (χ1n) is 10.7. The van der Waals surface area contributed by atoms with Crippen molar-refractivity contribution in [1.82, 2.24) is 14.7 Å². The van der Waals surface area contributed by atoms with E-state index < -0.39 is 0 Å². The number of piperazine rings is 1. The van der Waals surface area contributed by atoms with E-state index in [2.05, 4.69) is 29.0 Å². The summed E-state index contributed by atoms with van der Waals surface area (Å²) in [5.74, 6) is 1.42. The van der Waals surface area contributed by atoms with Gasteiger partial charge in [0.25, 0.3) is 0 Å². The van der Waals surface area contributed by atoms with Crippen molar-refractivity contribution < 1.29 is 9.59 Å². The normalized spacial score (nSPS) is 23.8. The van der Waals surface area contributed by atoms with Crippen molar-refractivity contribution in [2.24, 2.45) is 11.8 Å². The van der Waals surface area contributed by atoms with Crippen LogP contribution in [0.5, 0.6) is 0 Å². The summed E-state index contributed by atoms with van der Waals surface area (Å²) in [6, 6.07) is 7.27. The van der Waals surface area contributed by atoms with Gasteiger partial charge in [-0.1, -0.05) is 37.6 Å². The summed E-state index contributed by atoms with van der Waals surface area (Å²) in [7, 11) is 0. The topological polar surface area (TPSA) is 55.9 Å². The predicted octanol–water partition coefficient (Wildman–Crippen LogP) is 2.79. The van der Waals surface area contributed by atoms with E-state index in [9.17, 15) is 9.59 Å². The van der Waals surface area contributed by atoms with Crippen molar-refractivity contribution >= 4 is 29.1 Å². The molecule has 0 aliphatic carbocycles. The fourth-order valence-electron chi connectivity index (χ4n) is 4.36. The fourth-order valence-corrected chi connectivity index (χ4v) is 4.55. The van der Waals surface area contributed by atoms with Gasteiger partial charge in [0.15, 0.2) is 0 Å². The SMILES string of the molecule is CC1CC(C)CN(C(=O)CN2CCN(CCC(=O)Nc3ccccc3Cl)CC2)C1. The summed E-state index contributed by atoms with van der Waals surface area (Å²) in [4.78, 5) is 31.4. The third-order valence-electron chi connectivity index (χ3n) is 5.85. The summed E-state index contributed by atoms with van der Waals surface area (Å²) >= 11 is 6.09. The van der Waals surface area contributed by atoms with Crippen LogP contribution >= 0.6 is 11.6 Å². The van der Waals surface area contributed by atoms with Crippen molar-refractivity contribution in [3.05, 3.63) is 29.3 Å². The highest BCUT2D eigenvalue weighted by Gasteiger charge is 2.27. The Hall–Kier alpha value is -1.63. The Balaban J connectivity index is 1.35. The minimum atomic E-state index is -0.0240. The molecule has 1 aromatic carbocycles. The molecule has 0 aromatic heterocycles. The van der Waals surface area contributed by atoms with Crippen molar-refractivity contribution in [3.8, 4) is 0 Å². The lowest BCUT2D eigenvalue weighted by atomic mass is 9.92. The van der Waals surface area contributed by atoms with Crippen LogP contribution < -0.4 is 5.32 Å². The first kappa shape index (κ1) is 22.1. The van der Waals surface area contributed by atoms with Crippen LogP contribution in [0.3, 0.4) is 0 Å². The number of nitrogens with zero attached hydrogens (tertiary/aromatic N) is 3. The highest BCUT2D eigenvalue weighted by molar-refractivity contribution is 6.33. The van der Waals surface area contributed by atoms with E-state index >= 15 is 0 Å². The van der Waals surface area contributed by atoms with E-state index in [1.54, 1.807) is 12.1 Å². The molecule has 2 aliphatic heterocycles. The van der Waals surface area contributed by atoms with Crippen LogP contribution in [-0.4, -0.2) is 78.9 Å². The van der Waals surface area contributed by atoms with E-state index in [4.69, 9.17) is 11.6 Å². The number of carbonyl (C=O) groups excluding carboxylic acids is 2. The van der Waals surface area contributed by atoms with Crippen molar-refractivity contribution in [3.63, 3.8) is 0 Å². The van der Waals surface area contributed by atoms with Gasteiger partial charge >= 0.3 is 0 Å². The summed E-state index contributed by atoms with van der Waals surface area (Å²) in [5.41, 5.74) is 0.656. The zero-order valence-electron chi connectivity index (χ0n) is 17.6. The van der Waals surface area contributed by atoms with Crippen molar-refractivity contribution in [2.75, 3.05) is 57.7 Å². The molecular formula is C22H33ClN4O2. The van der Waals surface area contributed by atoms with Gasteiger partial charge in [-0.25, -0.2) is 0 Å². The highest BCUT2D eigenvalue weighted by Crippen LogP contribution is 2.22. The molecule has 0 spiro atoms. The monoisotopic (exact) mass is 420 g/mol. The maximum absolute atomic E-state index is 12.7. The largest absolute Gasteiger partial charge is 0.341 e. The van der Waals surface area contributed by atoms with E-state index in [-0.39, 0.29) is 11.8 Å². The fraction of sp³-hybridized carbons (Fsp3) is 0.636. The molecule has 1 N–H and O–H groups in total. The lowest BCUT2D eigenvalue weighted by molar-refractivity contribution is -0.135. The Morgan fingerprint density at radius 1 is 1.03 bits per heavy atom. The van der Waals surface area contributed by atoms with Crippen molar-refractivity contribution in [2.45, 2.75) is 26.7 Å². The van der Waals surface area contributed by atoms with Gasteiger partial charge in [-0.15, -0.1) is 0 Å². The van der Waals surface area contributed by atoms with Crippen LogP contribution in [0.4, 0.5) is 5.69 Å². The molecule has 0 bridgehead atoms. The Kier molecular flexibility index (Phi) is 7.92. The number of halogens is 1. The molecule has 0 saturated carbocycles. The number of para-hydroxylation sites is 1. The Morgan fingerprint density at radius 3 is 2.31 bits per heavy atom. The third-order valence-corrected chi connectivity index (χ3v) is 6.18. The van der Waals surface area contributed by atoms with E-state index in [1.165, 1.54) is 6.42 Å². The number of nitrogens with one attached hydrogen (secondary N) is 1. The van der Waals surface area contributed by atoms with Gasteiger partial charge in [-0.2, -0.15) is 0 Å². The van der Waals surface area contributed by atoms with Crippen LogP contribution in [0.2, 0.25) is 5.02 Å². The lowest BCUT2D eigenvalue weighted by Gasteiger charge is -2.38. The summed E-state index contributed by atoms with van der Waals surface area (Å²) in [6.45, 7) is 11.0. The third kappa shape index (κ3) is 6.69. The quantitative estimate of drug-likeness (QED) is 0.768. The van der Waals surface area contributed by atoms with Gasteiger partial charge in [0.05, 0.1) is 17.3 Å². The summed E-state index contributed by atoms with van der Waals surface area (Å²) in [6.07, 6.45) is 1.65. The lowest BCUT2D eigenvalue weighted by Crippen LogP contribution is -2.52. The van der Waals surface area contributed by atoms with Gasteiger partial charge < -0.3 is 15.1 Å². The first-order chi connectivity index (χ1) is 13.9. The van der Waals surface area contributed by atoms with E-state index in [0.717, 1.165) is 45.8 Å². The molecule has 2 fully saturated rings. The second-order valence-electron chi connectivity index (χ2n) is 8.64. The summed E-state index contributed by atoms with van der Waals surface area (Å²) < 4.78 is 0. The molecule has 0 radical (unpaired) electrons. The Labute approximate surface area is 179 Å². The van der Waals surface area contributed by atoms with Gasteiger partial charge in [0.1, 0.15) is 0 Å². The number of likely N-dealkylation sites (tertiary alicyclic amines) is 1. The van der Waals surface area contributed by atoms with Gasteiger partial charge in [-0.05, 0) is 30.4 Å². The smallest absolute Gasteiger partial charge is 0.236 e. The Bertz CT molecular complexity index is 696. The standard InChI is InChI=1S/C22H33ClN4O2/c1-17-13-18(2)15-27(14-17)22(29)16-26-11-9-25(10-12-26)8-7-21(28)24-20-6-4-3-5-19(20)23/h3-6,17-18H,7-16H2,1-2H3,(H,24,28). The molecule has 160 valence electrons. The average Bonchev–Trinajstić information content (AvgIpc) is 2.68. The molecule has 6 nitrogen and oxygen atoms in total. The van der Waals surface area contributed by atoms with E-state index in [0.29, 0.717) is 35.5 Å². The molecule has 2 amide bonds. The maximum Gasteiger partial charge on any atom is 0.236 e. The molecule has 2 atom stereocenters. The maximum atomic E-state index is 12.7. The predicted molar refractivity (Wildman–Crippen MR) is 117 cm³/mol. The number of benzene rings is 1. The first-order valence-corrected chi connectivity index (χ1v) is 11.1. The molecule has 2 saturated heterocycles. The zero-order valence-corrected chi connectivity index (χ0v) is 18.3. The molecule has 29 heavy (non-hydrogen) atoms. The second-order valence-corrected chi connectivity index (χ2v) is 9.05.